The van der Waals surface area contributed by atoms with Crippen molar-refractivity contribution in [3.05, 3.63) is 74.8 Å². The van der Waals surface area contributed by atoms with Gasteiger partial charge in [-0.3, -0.25) is 0 Å². The Hall–Kier alpha value is -2.05. The zero-order valence-corrected chi connectivity index (χ0v) is 19.8. The van der Waals surface area contributed by atoms with Gasteiger partial charge in [-0.2, -0.15) is 0 Å². The van der Waals surface area contributed by atoms with Crippen molar-refractivity contribution in [2.24, 2.45) is 5.92 Å². The molecule has 0 unspecified atom stereocenters. The van der Waals surface area contributed by atoms with Crippen molar-refractivity contribution in [3.63, 3.8) is 0 Å². The third-order valence-corrected chi connectivity index (χ3v) is 7.17. The molecule has 32 heavy (non-hydrogen) atoms. The maximum Gasteiger partial charge on any atom is 0.337 e. The van der Waals surface area contributed by atoms with Gasteiger partial charge in [0.15, 0.2) is 0 Å². The fourth-order valence-corrected chi connectivity index (χ4v) is 5.44. The summed E-state index contributed by atoms with van der Waals surface area (Å²) >= 11 is 3.81. The second kappa shape index (κ2) is 10.3. The van der Waals surface area contributed by atoms with Crippen LogP contribution in [0, 0.1) is 5.92 Å². The molecule has 0 radical (unpaired) electrons. The van der Waals surface area contributed by atoms with E-state index in [0.717, 1.165) is 49.9 Å². The van der Waals surface area contributed by atoms with Crippen LogP contribution in [-0.4, -0.2) is 44.0 Å². The van der Waals surface area contributed by atoms with Gasteiger partial charge in [0.1, 0.15) is 0 Å². The van der Waals surface area contributed by atoms with Crippen LogP contribution in [0.1, 0.15) is 51.9 Å². The molecule has 3 nitrogen and oxygen atoms in total. The first-order chi connectivity index (χ1) is 15.4. The quantitative estimate of drug-likeness (QED) is 0.428. The minimum atomic E-state index is -2.21. The molecule has 0 saturated carbocycles. The first-order valence-corrected chi connectivity index (χ1v) is 11.9. The van der Waals surface area contributed by atoms with Gasteiger partial charge in [-0.1, -0.05) is 46.3 Å². The van der Waals surface area contributed by atoms with Crippen molar-refractivity contribution in [1.82, 2.24) is 4.90 Å². The molecule has 0 aromatic heterocycles. The lowest BCUT2D eigenvalue weighted by Gasteiger charge is -2.39. The Kier molecular flexibility index (Phi) is 7.41. The highest BCUT2D eigenvalue weighted by molar-refractivity contribution is 9.11. The fourth-order valence-electron chi connectivity index (χ4n) is 4.72. The summed E-state index contributed by atoms with van der Waals surface area (Å²) in [5.74, 6) is 0.231. The summed E-state index contributed by atoms with van der Waals surface area (Å²) < 4.78 is 30.8. The van der Waals surface area contributed by atoms with Crippen LogP contribution in [0.15, 0.2) is 46.9 Å². The predicted octanol–water partition coefficient (Wildman–Crippen LogP) is 6.09. The van der Waals surface area contributed by atoms with Gasteiger partial charge in [-0.15, -0.1) is 0 Å². The Morgan fingerprint density at radius 2 is 1.91 bits per heavy atom. The van der Waals surface area contributed by atoms with Crippen molar-refractivity contribution >= 4 is 27.5 Å². The molecule has 0 amide bonds. The molecule has 1 fully saturated rings. The minimum Gasteiger partial charge on any atom is -0.465 e. The highest BCUT2D eigenvalue weighted by Crippen LogP contribution is 2.38. The number of halogens is 3. The summed E-state index contributed by atoms with van der Waals surface area (Å²) in [7, 11) is 1.40. The molecule has 1 aliphatic heterocycles. The molecule has 6 heteroatoms. The number of rotatable bonds is 7. The number of aryl methyl sites for hydroxylation is 1. The zero-order chi connectivity index (χ0) is 22.7. The number of esters is 1. The molecule has 2 aromatic carbocycles. The molecule has 2 aliphatic rings. The topological polar surface area (TPSA) is 29.5 Å². The Balaban J connectivity index is 1.47. The number of hydrogen-bond donors (Lipinski definition) is 0. The second-order valence-corrected chi connectivity index (χ2v) is 9.66. The van der Waals surface area contributed by atoms with Gasteiger partial charge in [-0.25, -0.2) is 13.6 Å². The smallest absolute Gasteiger partial charge is 0.337 e. The fraction of sp³-hybridized carbons (Fsp3) is 0.423. The lowest BCUT2D eigenvalue weighted by Crippen LogP contribution is -2.48. The van der Waals surface area contributed by atoms with Crippen molar-refractivity contribution in [2.45, 2.75) is 38.5 Å². The van der Waals surface area contributed by atoms with E-state index in [1.54, 1.807) is 0 Å². The Morgan fingerprint density at radius 3 is 2.59 bits per heavy atom. The number of ether oxygens (including phenoxy) is 1. The van der Waals surface area contributed by atoms with E-state index in [2.05, 4.69) is 45.1 Å². The number of carbonyl (C=O) groups excluding carboxylic acids is 1. The number of alkyl halides is 2. The van der Waals surface area contributed by atoms with E-state index in [1.165, 1.54) is 28.3 Å². The zero-order valence-electron chi connectivity index (χ0n) is 18.3. The summed E-state index contributed by atoms with van der Waals surface area (Å²) in [6.45, 7) is 2.30. The molecule has 0 spiro atoms. The average molecular weight is 504 g/mol. The lowest BCUT2D eigenvalue weighted by molar-refractivity contribution is 0.0600. The van der Waals surface area contributed by atoms with Crippen LogP contribution >= 0.6 is 15.9 Å². The second-order valence-electron chi connectivity index (χ2n) is 8.70. The number of benzene rings is 2. The van der Waals surface area contributed by atoms with Gasteiger partial charge in [0.2, 0.25) is 6.43 Å². The molecule has 2 aromatic rings. The Bertz CT molecular complexity index is 997. The first kappa shape index (κ1) is 23.1. The largest absolute Gasteiger partial charge is 0.465 e. The first-order valence-electron chi connectivity index (χ1n) is 11.1. The van der Waals surface area contributed by atoms with Crippen LogP contribution in [0.5, 0.6) is 0 Å². The number of likely N-dealkylation sites (tertiary alicyclic amines) is 1. The summed E-state index contributed by atoms with van der Waals surface area (Å²) in [6.07, 6.45) is 1.62. The number of fused-ring (bicyclic) bond motifs is 1. The summed E-state index contributed by atoms with van der Waals surface area (Å²) in [5, 5.41) is 0. The van der Waals surface area contributed by atoms with Crippen molar-refractivity contribution in [2.75, 3.05) is 26.7 Å². The standard InChI is InChI=1S/C26H28BrF2NO2/c1-32-26(31)21-9-10-22-20(14-21)3-2-4-23(27)25(22)19-7-5-17(6-8-19)13-18-15-30(16-18)12-11-24(28)29/h5-10,14,18,24H,2-4,11-13,15-16H2,1H3. The summed E-state index contributed by atoms with van der Waals surface area (Å²) in [4.78, 5) is 14.1. The molecule has 1 aliphatic carbocycles. The maximum absolute atomic E-state index is 12.4. The van der Waals surface area contributed by atoms with Crippen molar-refractivity contribution in [3.8, 4) is 0 Å². The number of hydrogen-bond acceptors (Lipinski definition) is 3. The highest BCUT2D eigenvalue weighted by Gasteiger charge is 2.27. The number of allylic oxidation sites excluding steroid dienone is 1. The van der Waals surface area contributed by atoms with Crippen LogP contribution in [0.3, 0.4) is 0 Å². The maximum atomic E-state index is 12.4. The number of nitrogens with zero attached hydrogens (tertiary/aromatic N) is 1. The van der Waals surface area contributed by atoms with E-state index in [1.807, 2.05) is 18.2 Å². The molecule has 1 saturated heterocycles. The van der Waals surface area contributed by atoms with Crippen LogP contribution in [-0.2, 0) is 17.6 Å². The average Bonchev–Trinajstić information content (AvgIpc) is 2.92. The summed E-state index contributed by atoms with van der Waals surface area (Å²) in [6, 6.07) is 14.5. The van der Waals surface area contributed by atoms with Gasteiger partial charge in [0.05, 0.1) is 12.7 Å². The van der Waals surface area contributed by atoms with E-state index in [9.17, 15) is 13.6 Å². The number of methoxy groups -OCH3 is 1. The summed E-state index contributed by atoms with van der Waals surface area (Å²) in [5.41, 5.74) is 6.52. The molecule has 170 valence electrons. The number of carbonyl (C=O) groups is 1. The van der Waals surface area contributed by atoms with Crippen LogP contribution in [0.2, 0.25) is 0 Å². The van der Waals surface area contributed by atoms with Crippen LogP contribution in [0.4, 0.5) is 8.78 Å². The van der Waals surface area contributed by atoms with Gasteiger partial charge >= 0.3 is 5.97 Å². The van der Waals surface area contributed by atoms with Gasteiger partial charge < -0.3 is 9.64 Å². The molecule has 1 heterocycles. The normalized spacial score (nSPS) is 17.2. The molecule has 0 N–H and O–H groups in total. The lowest BCUT2D eigenvalue weighted by atomic mass is 9.89. The van der Waals surface area contributed by atoms with Crippen LogP contribution in [0.25, 0.3) is 5.57 Å². The predicted molar refractivity (Wildman–Crippen MR) is 126 cm³/mol. The van der Waals surface area contributed by atoms with Crippen molar-refractivity contribution < 1.29 is 18.3 Å². The van der Waals surface area contributed by atoms with Crippen LogP contribution < -0.4 is 0 Å². The van der Waals surface area contributed by atoms with E-state index in [0.29, 0.717) is 18.0 Å². The third-order valence-electron chi connectivity index (χ3n) is 6.37. The van der Waals surface area contributed by atoms with E-state index in [4.69, 9.17) is 4.74 Å². The van der Waals surface area contributed by atoms with E-state index >= 15 is 0 Å². The van der Waals surface area contributed by atoms with E-state index in [-0.39, 0.29) is 12.4 Å². The van der Waals surface area contributed by atoms with Gasteiger partial charge in [-0.05, 0) is 71.6 Å². The highest BCUT2D eigenvalue weighted by atomic mass is 79.9. The molecule has 0 bridgehead atoms. The molecular formula is C26H28BrF2NO2. The minimum absolute atomic E-state index is 0.0337. The molecule has 0 atom stereocenters. The molecular weight excluding hydrogens is 476 g/mol. The van der Waals surface area contributed by atoms with E-state index < -0.39 is 6.43 Å². The Labute approximate surface area is 196 Å². The Morgan fingerprint density at radius 1 is 1.16 bits per heavy atom. The third kappa shape index (κ3) is 5.29. The van der Waals surface area contributed by atoms with Crippen molar-refractivity contribution in [1.29, 1.82) is 0 Å². The SMILES string of the molecule is COC(=O)c1ccc2c(c1)CCCC(Br)=C2c1ccc(CC2CN(CCC(F)F)C2)cc1. The van der Waals surface area contributed by atoms with Gasteiger partial charge in [0.25, 0.3) is 0 Å². The monoisotopic (exact) mass is 503 g/mol. The van der Waals surface area contributed by atoms with Gasteiger partial charge in [0, 0.05) is 30.5 Å². The molecule has 4 rings (SSSR count).